The van der Waals surface area contributed by atoms with E-state index in [1.54, 1.807) is 21.3 Å². The number of hydrogen-bond donors (Lipinski definition) is 1. The number of nitrogens with zero attached hydrogens (tertiary/aromatic N) is 1. The van der Waals surface area contributed by atoms with E-state index in [2.05, 4.69) is 18.1 Å². The fourth-order valence-corrected chi connectivity index (χ4v) is 2.53. The minimum Gasteiger partial charge on any atom is -0.496 e. The number of rotatable bonds is 8. The van der Waals surface area contributed by atoms with Crippen LogP contribution in [0.2, 0.25) is 0 Å². The Morgan fingerprint density at radius 3 is 2.26 bits per heavy atom. The largest absolute Gasteiger partial charge is 0.496 e. The highest BCUT2D eigenvalue weighted by Crippen LogP contribution is 2.34. The van der Waals surface area contributed by atoms with Crippen LogP contribution in [0.15, 0.2) is 36.5 Å². The lowest BCUT2D eigenvalue weighted by Gasteiger charge is -2.18. The van der Waals surface area contributed by atoms with Gasteiger partial charge in [-0.3, -0.25) is 4.98 Å². The van der Waals surface area contributed by atoms with Crippen molar-refractivity contribution in [3.05, 3.63) is 47.8 Å². The molecule has 0 amide bonds. The van der Waals surface area contributed by atoms with E-state index in [1.807, 2.05) is 30.5 Å². The molecule has 1 heterocycles. The normalized spacial score (nSPS) is 11.8. The fraction of sp³-hybridized carbons (Fsp3) is 0.389. The number of benzene rings is 1. The van der Waals surface area contributed by atoms with Crippen molar-refractivity contribution in [3.63, 3.8) is 0 Å². The molecule has 0 saturated heterocycles. The molecule has 0 fully saturated rings. The average molecular weight is 317 g/mol. The number of methoxy groups -OCH3 is 3. The number of likely N-dealkylation sites (N-methyl/N-ethyl adjacent to an activating group) is 1. The summed E-state index contributed by atoms with van der Waals surface area (Å²) in [4.78, 5) is 5.74. The maximum absolute atomic E-state index is 5.49. The predicted molar refractivity (Wildman–Crippen MR) is 89.5 cm³/mol. The molecule has 0 spiro atoms. The van der Waals surface area contributed by atoms with Crippen LogP contribution in [0.25, 0.3) is 0 Å². The fourth-order valence-electron chi connectivity index (χ4n) is 2.53. The molecule has 5 heteroatoms. The van der Waals surface area contributed by atoms with Gasteiger partial charge in [0.05, 0.1) is 40.5 Å². The number of aromatic nitrogens is 1. The smallest absolute Gasteiger partial charge is 0.164 e. The van der Waals surface area contributed by atoms with Crippen molar-refractivity contribution in [2.24, 2.45) is 0 Å². The maximum Gasteiger partial charge on any atom is 0.164 e. The third-order valence-corrected chi connectivity index (χ3v) is 3.81. The first-order valence-corrected chi connectivity index (χ1v) is 7.68. The minimum atomic E-state index is 0.680. The van der Waals surface area contributed by atoms with Crippen molar-refractivity contribution >= 4 is 0 Å². The van der Waals surface area contributed by atoms with Gasteiger partial charge in [0.25, 0.3) is 0 Å². The standard InChI is InChI=1S/C18H24N2O3/c1-20(10-8-15-7-5-6-9-19-15)13-14-11-17(22-3)18(23-4)12-16(14)21-2/h5-7,9,11-12H,8,10,13H2,1-4H3/p+1. The highest BCUT2D eigenvalue weighted by Gasteiger charge is 2.15. The summed E-state index contributed by atoms with van der Waals surface area (Å²) in [7, 11) is 7.11. The van der Waals surface area contributed by atoms with Crippen LogP contribution in [-0.4, -0.2) is 39.9 Å². The summed E-state index contributed by atoms with van der Waals surface area (Å²) >= 11 is 0. The molecule has 1 aromatic carbocycles. The number of pyridine rings is 1. The molecular weight excluding hydrogens is 292 g/mol. The Morgan fingerprint density at radius 1 is 0.957 bits per heavy atom. The van der Waals surface area contributed by atoms with Crippen molar-refractivity contribution in [1.29, 1.82) is 0 Å². The summed E-state index contributed by atoms with van der Waals surface area (Å²) < 4.78 is 16.2. The molecule has 0 aliphatic rings. The lowest BCUT2D eigenvalue weighted by molar-refractivity contribution is -0.893. The lowest BCUT2D eigenvalue weighted by atomic mass is 10.1. The van der Waals surface area contributed by atoms with Crippen molar-refractivity contribution in [1.82, 2.24) is 4.98 Å². The molecule has 0 aliphatic carbocycles. The molecule has 124 valence electrons. The molecule has 1 N–H and O–H groups in total. The third kappa shape index (κ3) is 4.60. The van der Waals surface area contributed by atoms with Crippen molar-refractivity contribution in [3.8, 4) is 17.2 Å². The Bertz CT molecular complexity index is 617. The van der Waals surface area contributed by atoms with Crippen molar-refractivity contribution in [2.75, 3.05) is 34.9 Å². The molecule has 1 unspecified atom stereocenters. The van der Waals surface area contributed by atoms with Crippen LogP contribution in [0.5, 0.6) is 17.2 Å². The zero-order valence-corrected chi connectivity index (χ0v) is 14.3. The third-order valence-electron chi connectivity index (χ3n) is 3.81. The molecule has 23 heavy (non-hydrogen) atoms. The van der Waals surface area contributed by atoms with Gasteiger partial charge in [-0.1, -0.05) is 6.07 Å². The molecular formula is C18H25N2O3+. The van der Waals surface area contributed by atoms with E-state index < -0.39 is 0 Å². The number of nitrogens with one attached hydrogen (secondary N) is 1. The van der Waals surface area contributed by atoms with E-state index in [-0.39, 0.29) is 0 Å². The Morgan fingerprint density at radius 2 is 1.65 bits per heavy atom. The summed E-state index contributed by atoms with van der Waals surface area (Å²) in [5.41, 5.74) is 2.22. The zero-order chi connectivity index (χ0) is 16.7. The number of ether oxygens (including phenoxy) is 3. The quantitative estimate of drug-likeness (QED) is 0.799. The topological polar surface area (TPSA) is 45.0 Å². The van der Waals surface area contributed by atoms with Gasteiger partial charge in [0.1, 0.15) is 12.3 Å². The Labute approximate surface area is 137 Å². The van der Waals surface area contributed by atoms with E-state index in [0.29, 0.717) is 5.75 Å². The second kappa shape index (κ2) is 8.39. The second-order valence-corrected chi connectivity index (χ2v) is 5.47. The number of quaternary nitrogens is 1. The van der Waals surface area contributed by atoms with Crippen LogP contribution in [0.1, 0.15) is 11.3 Å². The Hall–Kier alpha value is -2.27. The summed E-state index contributed by atoms with van der Waals surface area (Å²) in [6.45, 7) is 1.84. The highest BCUT2D eigenvalue weighted by molar-refractivity contribution is 5.50. The first-order valence-electron chi connectivity index (χ1n) is 7.68. The van der Waals surface area contributed by atoms with Crippen LogP contribution in [0.4, 0.5) is 0 Å². The van der Waals surface area contributed by atoms with E-state index in [9.17, 15) is 0 Å². The van der Waals surface area contributed by atoms with Gasteiger partial charge < -0.3 is 19.1 Å². The highest BCUT2D eigenvalue weighted by atomic mass is 16.5. The first-order chi connectivity index (χ1) is 11.2. The molecule has 1 atom stereocenters. The molecule has 0 saturated carbocycles. The zero-order valence-electron chi connectivity index (χ0n) is 14.3. The second-order valence-electron chi connectivity index (χ2n) is 5.47. The first kappa shape index (κ1) is 17.1. The average Bonchev–Trinajstić information content (AvgIpc) is 2.60. The van der Waals surface area contributed by atoms with E-state index >= 15 is 0 Å². The maximum atomic E-state index is 5.49. The molecule has 5 nitrogen and oxygen atoms in total. The Kier molecular flexibility index (Phi) is 6.23. The Balaban J connectivity index is 2.05. The van der Waals surface area contributed by atoms with Gasteiger partial charge in [-0.05, 0) is 18.2 Å². The van der Waals surface area contributed by atoms with E-state index in [0.717, 1.165) is 42.3 Å². The van der Waals surface area contributed by atoms with Gasteiger partial charge in [0.2, 0.25) is 0 Å². The monoisotopic (exact) mass is 317 g/mol. The van der Waals surface area contributed by atoms with Gasteiger partial charge >= 0.3 is 0 Å². The summed E-state index contributed by atoms with van der Waals surface area (Å²) in [6, 6.07) is 9.88. The van der Waals surface area contributed by atoms with Gasteiger partial charge in [-0.15, -0.1) is 0 Å². The van der Waals surface area contributed by atoms with Crippen LogP contribution in [0, 0.1) is 0 Å². The molecule has 0 aliphatic heterocycles. The van der Waals surface area contributed by atoms with Gasteiger partial charge in [0, 0.05) is 24.4 Å². The molecule has 0 bridgehead atoms. The summed E-state index contributed by atoms with van der Waals surface area (Å²) in [5.74, 6) is 2.22. The van der Waals surface area contributed by atoms with Gasteiger partial charge in [-0.2, -0.15) is 0 Å². The molecule has 1 aromatic heterocycles. The summed E-state index contributed by atoms with van der Waals surface area (Å²) in [5, 5.41) is 0. The molecule has 0 radical (unpaired) electrons. The van der Waals surface area contributed by atoms with Crippen LogP contribution in [-0.2, 0) is 13.0 Å². The van der Waals surface area contributed by atoms with Gasteiger partial charge in [0.15, 0.2) is 11.5 Å². The van der Waals surface area contributed by atoms with Crippen LogP contribution in [0.3, 0.4) is 0 Å². The van der Waals surface area contributed by atoms with Gasteiger partial charge in [-0.25, -0.2) is 0 Å². The molecule has 2 rings (SSSR count). The predicted octanol–water partition coefficient (Wildman–Crippen LogP) is 1.36. The van der Waals surface area contributed by atoms with E-state index in [4.69, 9.17) is 14.2 Å². The van der Waals surface area contributed by atoms with E-state index in [1.165, 1.54) is 4.90 Å². The number of hydrogen-bond acceptors (Lipinski definition) is 4. The lowest BCUT2D eigenvalue weighted by Crippen LogP contribution is -3.07. The van der Waals surface area contributed by atoms with Crippen molar-refractivity contribution in [2.45, 2.75) is 13.0 Å². The SMILES string of the molecule is COc1cc(OC)c(OC)cc1C[NH+](C)CCc1ccccn1. The van der Waals surface area contributed by atoms with Crippen LogP contribution >= 0.6 is 0 Å². The summed E-state index contributed by atoms with van der Waals surface area (Å²) in [6.07, 6.45) is 2.78. The minimum absolute atomic E-state index is 0.680. The van der Waals surface area contributed by atoms with Crippen molar-refractivity contribution < 1.29 is 19.1 Å². The van der Waals surface area contributed by atoms with Crippen LogP contribution < -0.4 is 19.1 Å². The molecule has 2 aromatic rings.